The zero-order valence-corrected chi connectivity index (χ0v) is 14.2. The summed E-state index contributed by atoms with van der Waals surface area (Å²) >= 11 is 1.57. The van der Waals surface area contributed by atoms with E-state index in [1.165, 1.54) is 18.3 Å². The maximum atomic E-state index is 12.3. The Hall–Kier alpha value is -2.34. The van der Waals surface area contributed by atoms with Gasteiger partial charge in [-0.15, -0.1) is 0 Å². The van der Waals surface area contributed by atoms with E-state index in [-0.39, 0.29) is 23.5 Å². The molecule has 0 bridgehead atoms. The number of Topliss-reactive ketones (excluding diaryl/α,β-unsaturated/α-hetero) is 1. The Kier molecular flexibility index (Phi) is 4.57. The predicted molar refractivity (Wildman–Crippen MR) is 96.4 cm³/mol. The van der Waals surface area contributed by atoms with Crippen molar-refractivity contribution in [3.8, 4) is 5.75 Å². The van der Waals surface area contributed by atoms with Crippen molar-refractivity contribution >= 4 is 22.7 Å². The molecule has 5 nitrogen and oxygen atoms in total. The van der Waals surface area contributed by atoms with E-state index < -0.39 is 0 Å². The maximum Gasteiger partial charge on any atom is 0.185 e. The van der Waals surface area contributed by atoms with Gasteiger partial charge in [0.15, 0.2) is 11.0 Å². The van der Waals surface area contributed by atoms with Crippen LogP contribution in [-0.4, -0.2) is 26.8 Å². The molecule has 0 aliphatic carbocycles. The molecule has 0 radical (unpaired) electrons. The number of nitrogens with two attached hydrogens (primary N) is 1. The van der Waals surface area contributed by atoms with E-state index in [0.29, 0.717) is 10.9 Å². The lowest BCUT2D eigenvalue weighted by atomic mass is 9.88. The van der Waals surface area contributed by atoms with E-state index in [9.17, 15) is 9.90 Å². The first-order valence-electron chi connectivity index (χ1n) is 7.72. The van der Waals surface area contributed by atoms with Crippen molar-refractivity contribution < 1.29 is 9.90 Å². The average Bonchev–Trinajstić information content (AvgIpc) is 2.55. The molecule has 0 amide bonds. The van der Waals surface area contributed by atoms with Gasteiger partial charge >= 0.3 is 0 Å². The van der Waals surface area contributed by atoms with Crippen molar-refractivity contribution in [1.29, 1.82) is 0 Å². The molecule has 1 aromatic heterocycles. The molecule has 2 heterocycles. The normalized spacial score (nSPS) is 20.5. The van der Waals surface area contributed by atoms with Crippen LogP contribution >= 0.6 is 11.8 Å². The Balaban J connectivity index is 1.82. The molecule has 0 saturated carbocycles. The van der Waals surface area contributed by atoms with Crippen molar-refractivity contribution in [2.45, 2.75) is 25.3 Å². The van der Waals surface area contributed by atoms with Crippen LogP contribution in [0.1, 0.15) is 35.0 Å². The molecule has 3 rings (SSSR count). The molecule has 0 saturated heterocycles. The first-order chi connectivity index (χ1) is 11.5. The molecule has 6 heteroatoms. The maximum absolute atomic E-state index is 12.3. The Morgan fingerprint density at radius 3 is 2.92 bits per heavy atom. The summed E-state index contributed by atoms with van der Waals surface area (Å²) in [7, 11) is 0. The van der Waals surface area contributed by atoms with Crippen LogP contribution in [0.3, 0.4) is 0 Å². The van der Waals surface area contributed by atoms with E-state index in [1.54, 1.807) is 11.8 Å². The molecule has 1 atom stereocenters. The summed E-state index contributed by atoms with van der Waals surface area (Å²) in [6.07, 6.45) is 2.45. The monoisotopic (exact) mass is 341 g/mol. The number of nitrogens with zero attached hydrogens (tertiary/aromatic N) is 2. The van der Waals surface area contributed by atoms with E-state index >= 15 is 0 Å². The Morgan fingerprint density at radius 1 is 1.38 bits per heavy atom. The van der Waals surface area contributed by atoms with Gasteiger partial charge in [0.05, 0.1) is 11.7 Å². The second-order valence-corrected chi connectivity index (χ2v) is 7.14. The molecule has 0 unspecified atom stereocenters. The fourth-order valence-electron chi connectivity index (χ4n) is 2.74. The van der Waals surface area contributed by atoms with Crippen LogP contribution in [0.2, 0.25) is 0 Å². The number of aliphatic imine (C=N–C) groups is 1. The summed E-state index contributed by atoms with van der Waals surface area (Å²) in [5, 5.41) is 9.87. The van der Waals surface area contributed by atoms with Crippen molar-refractivity contribution in [2.24, 2.45) is 10.7 Å². The number of rotatable bonds is 4. The summed E-state index contributed by atoms with van der Waals surface area (Å²) in [6, 6.07) is 10.9. The Labute approximate surface area is 145 Å². The lowest BCUT2D eigenvalue weighted by Gasteiger charge is -2.30. The summed E-state index contributed by atoms with van der Waals surface area (Å²) < 4.78 is 0. The van der Waals surface area contributed by atoms with Gasteiger partial charge in [-0.3, -0.25) is 9.79 Å². The van der Waals surface area contributed by atoms with Crippen LogP contribution in [0.4, 0.5) is 0 Å². The third-order valence-electron chi connectivity index (χ3n) is 4.14. The molecule has 1 aromatic carbocycles. The largest absolute Gasteiger partial charge is 0.506 e. The number of aromatic nitrogens is 1. The van der Waals surface area contributed by atoms with Crippen molar-refractivity contribution in [3.63, 3.8) is 0 Å². The molecular formula is C18H19N3O2S. The van der Waals surface area contributed by atoms with Crippen LogP contribution < -0.4 is 5.73 Å². The number of hydrogen-bond donors (Lipinski definition) is 2. The first-order valence-corrected chi connectivity index (χ1v) is 8.71. The predicted octanol–water partition coefficient (Wildman–Crippen LogP) is 2.88. The van der Waals surface area contributed by atoms with Gasteiger partial charge in [-0.05, 0) is 36.6 Å². The highest BCUT2D eigenvalue weighted by atomic mass is 32.2. The zero-order chi connectivity index (χ0) is 17.2. The second kappa shape index (κ2) is 6.65. The molecular weight excluding hydrogens is 322 g/mol. The first kappa shape index (κ1) is 16.5. The van der Waals surface area contributed by atoms with Crippen molar-refractivity contribution in [3.05, 3.63) is 59.4 Å². The topological polar surface area (TPSA) is 88.6 Å². The van der Waals surface area contributed by atoms with Crippen molar-refractivity contribution in [2.75, 3.05) is 5.75 Å². The van der Waals surface area contributed by atoms with Gasteiger partial charge in [0, 0.05) is 12.2 Å². The average molecular weight is 341 g/mol. The fraction of sp³-hybridized carbons (Fsp3) is 0.278. The number of hydrogen-bond acceptors (Lipinski definition) is 6. The van der Waals surface area contributed by atoms with Crippen LogP contribution in [0.5, 0.6) is 5.75 Å². The summed E-state index contributed by atoms with van der Waals surface area (Å²) in [4.78, 5) is 20.9. The molecule has 1 aliphatic heterocycles. The lowest BCUT2D eigenvalue weighted by Crippen LogP contribution is -2.28. The highest BCUT2D eigenvalue weighted by Gasteiger charge is 2.29. The molecule has 1 aliphatic rings. The number of thioether (sulfide) groups is 1. The molecule has 24 heavy (non-hydrogen) atoms. The van der Waals surface area contributed by atoms with Gasteiger partial charge in [0.2, 0.25) is 0 Å². The van der Waals surface area contributed by atoms with Gasteiger partial charge in [-0.1, -0.05) is 36.0 Å². The van der Waals surface area contributed by atoms with E-state index in [0.717, 1.165) is 23.3 Å². The van der Waals surface area contributed by atoms with Crippen LogP contribution in [0.25, 0.3) is 0 Å². The number of carbonyl (C=O) groups excluding carboxylic acids is 1. The number of ketones is 1. The number of carbonyl (C=O) groups is 1. The highest BCUT2D eigenvalue weighted by molar-refractivity contribution is 8.13. The van der Waals surface area contributed by atoms with E-state index in [4.69, 9.17) is 5.73 Å². The Bertz CT molecular complexity index is 789. The van der Waals surface area contributed by atoms with E-state index in [2.05, 4.69) is 16.9 Å². The smallest absolute Gasteiger partial charge is 0.185 e. The SMILES string of the molecule is C[C@@]1(c2cccc(CC(=O)c3ccc(O)cn3)c2)CCSC(N)=N1. The standard InChI is InChI=1S/C18H19N3O2S/c1-18(7-8-24-17(19)21-18)13-4-2-3-12(9-13)10-16(23)15-6-5-14(22)11-20-15/h2-6,9,11,22H,7-8,10H2,1H3,(H2,19,21)/t18-/m0/s1. The number of pyridine rings is 1. The third-order valence-corrected chi connectivity index (χ3v) is 4.94. The highest BCUT2D eigenvalue weighted by Crippen LogP contribution is 2.35. The van der Waals surface area contributed by atoms with Crippen LogP contribution in [0, 0.1) is 0 Å². The quantitative estimate of drug-likeness (QED) is 0.835. The second-order valence-electron chi connectivity index (χ2n) is 6.02. The van der Waals surface area contributed by atoms with Gasteiger partial charge in [-0.25, -0.2) is 4.98 Å². The zero-order valence-electron chi connectivity index (χ0n) is 13.4. The number of aromatic hydroxyl groups is 1. The molecule has 0 spiro atoms. The third kappa shape index (κ3) is 3.59. The lowest BCUT2D eigenvalue weighted by molar-refractivity contribution is 0.0988. The minimum atomic E-state index is -0.342. The van der Waals surface area contributed by atoms with Crippen molar-refractivity contribution in [1.82, 2.24) is 4.98 Å². The number of benzene rings is 1. The minimum Gasteiger partial charge on any atom is -0.506 e. The van der Waals surface area contributed by atoms with Crippen LogP contribution in [-0.2, 0) is 12.0 Å². The van der Waals surface area contributed by atoms with Gasteiger partial charge in [0.25, 0.3) is 0 Å². The van der Waals surface area contributed by atoms with E-state index in [1.807, 2.05) is 24.3 Å². The molecule has 3 N–H and O–H groups in total. The Morgan fingerprint density at radius 2 is 2.21 bits per heavy atom. The van der Waals surface area contributed by atoms with Gasteiger partial charge in [0.1, 0.15) is 11.4 Å². The minimum absolute atomic E-state index is 0.0482. The molecule has 0 fully saturated rings. The molecule has 124 valence electrons. The van der Waals surface area contributed by atoms with Crippen LogP contribution in [0.15, 0.2) is 47.6 Å². The summed E-state index contributed by atoms with van der Waals surface area (Å²) in [5.74, 6) is 0.901. The van der Waals surface area contributed by atoms with Gasteiger partial charge in [-0.2, -0.15) is 0 Å². The summed E-state index contributed by atoms with van der Waals surface area (Å²) in [6.45, 7) is 2.07. The molecule has 2 aromatic rings. The van der Waals surface area contributed by atoms with Gasteiger partial charge < -0.3 is 10.8 Å². The fourth-order valence-corrected chi connectivity index (χ4v) is 3.71. The summed E-state index contributed by atoms with van der Waals surface area (Å²) in [5.41, 5.74) is 7.87. The number of amidine groups is 1.